The predicted octanol–water partition coefficient (Wildman–Crippen LogP) is -0.0749. The lowest BCUT2D eigenvalue weighted by atomic mass is 10.1. The van der Waals surface area contributed by atoms with Crippen molar-refractivity contribution in [1.82, 2.24) is 0 Å². The monoisotopic (exact) mass is 335 g/mol. The van der Waals surface area contributed by atoms with E-state index in [0.717, 1.165) is 5.69 Å². The Morgan fingerprint density at radius 3 is 2.20 bits per heavy atom. The highest BCUT2D eigenvalue weighted by Crippen LogP contribution is 2.23. The normalized spacial score (nSPS) is 11.1. The second-order valence-electron chi connectivity index (χ2n) is 3.38. The molecule has 0 aliphatic rings. The maximum absolute atomic E-state index is 5.67. The Labute approximate surface area is 113 Å². The van der Waals surface area contributed by atoms with Crippen LogP contribution in [0.1, 0.15) is 16.7 Å². The Morgan fingerprint density at radius 2 is 1.67 bits per heavy atom. The summed E-state index contributed by atoms with van der Waals surface area (Å²) in [5.74, 6) is 0. The summed E-state index contributed by atoms with van der Waals surface area (Å²) in [6, 6.07) is 4.22. The number of halogens is 1. The number of benzene rings is 1. The topological polar surface area (TPSA) is 38.4 Å². The molecule has 0 bridgehead atoms. The zero-order valence-corrected chi connectivity index (χ0v) is 12.4. The van der Waals surface area contributed by atoms with E-state index < -0.39 is 0 Å². The first kappa shape index (κ1) is 14.8. The summed E-state index contributed by atoms with van der Waals surface area (Å²) in [5.41, 5.74) is 10.4. The van der Waals surface area contributed by atoms with E-state index in [4.69, 9.17) is 5.73 Å². The van der Waals surface area contributed by atoms with Crippen LogP contribution in [0.5, 0.6) is 0 Å². The van der Waals surface area contributed by atoms with E-state index in [9.17, 15) is 0 Å². The third-order valence-corrected chi connectivity index (χ3v) is 2.76. The van der Waals surface area contributed by atoms with Crippen molar-refractivity contribution >= 4 is 22.6 Å². The standard InChI is InChI=1S/C11H16N2S.HI/c1-7-5-9(3)10(6-8(7)2)13-11(12)14-4;/h5-6H,1-4H3,(H2,12,13);1H/p-1. The zero-order valence-electron chi connectivity index (χ0n) is 9.47. The van der Waals surface area contributed by atoms with Gasteiger partial charge in [0.05, 0.1) is 5.69 Å². The maximum atomic E-state index is 5.67. The summed E-state index contributed by atoms with van der Waals surface area (Å²) < 4.78 is 0. The van der Waals surface area contributed by atoms with E-state index in [-0.39, 0.29) is 24.0 Å². The zero-order chi connectivity index (χ0) is 10.7. The summed E-state index contributed by atoms with van der Waals surface area (Å²) >= 11 is 1.47. The molecule has 0 spiro atoms. The van der Waals surface area contributed by atoms with Gasteiger partial charge in [0, 0.05) is 0 Å². The van der Waals surface area contributed by atoms with Gasteiger partial charge in [-0.05, 0) is 49.8 Å². The number of aliphatic imine (C=N–C) groups is 1. The molecule has 1 aromatic rings. The average Bonchev–Trinajstić information content (AvgIpc) is 2.14. The van der Waals surface area contributed by atoms with Crippen LogP contribution in [0.2, 0.25) is 0 Å². The van der Waals surface area contributed by atoms with Crippen LogP contribution in [-0.2, 0) is 0 Å². The summed E-state index contributed by atoms with van der Waals surface area (Å²) in [5, 5.41) is 0.608. The number of nitrogens with two attached hydrogens (primary N) is 1. The van der Waals surface area contributed by atoms with Gasteiger partial charge in [-0.1, -0.05) is 17.8 Å². The number of hydrogen-bond donors (Lipinski definition) is 1. The molecule has 15 heavy (non-hydrogen) atoms. The van der Waals surface area contributed by atoms with E-state index in [0.29, 0.717) is 5.17 Å². The molecule has 0 fully saturated rings. The van der Waals surface area contributed by atoms with Gasteiger partial charge in [-0.2, -0.15) is 0 Å². The molecule has 84 valence electrons. The van der Waals surface area contributed by atoms with Crippen molar-refractivity contribution in [3.63, 3.8) is 0 Å². The van der Waals surface area contributed by atoms with Crippen LogP contribution < -0.4 is 29.7 Å². The molecule has 2 N–H and O–H groups in total. The molecule has 1 aromatic carbocycles. The number of amidine groups is 1. The van der Waals surface area contributed by atoms with Gasteiger partial charge >= 0.3 is 0 Å². The molecule has 0 aromatic heterocycles. The number of aryl methyl sites for hydroxylation is 3. The minimum atomic E-state index is 0. The highest BCUT2D eigenvalue weighted by Gasteiger charge is 2.00. The van der Waals surface area contributed by atoms with Crippen LogP contribution in [0.3, 0.4) is 0 Å². The van der Waals surface area contributed by atoms with Gasteiger partial charge in [-0.3, -0.25) is 0 Å². The highest BCUT2D eigenvalue weighted by atomic mass is 127. The SMILES string of the molecule is CSC(N)=Nc1cc(C)c(C)cc1C.[I-]. The van der Waals surface area contributed by atoms with Crippen LogP contribution in [0.25, 0.3) is 0 Å². The minimum Gasteiger partial charge on any atom is -1.00 e. The highest BCUT2D eigenvalue weighted by molar-refractivity contribution is 8.13. The first-order valence-corrected chi connectivity index (χ1v) is 5.73. The molecule has 1 rings (SSSR count). The van der Waals surface area contributed by atoms with E-state index >= 15 is 0 Å². The van der Waals surface area contributed by atoms with Gasteiger partial charge in [-0.25, -0.2) is 4.99 Å². The van der Waals surface area contributed by atoms with E-state index in [1.54, 1.807) is 0 Å². The van der Waals surface area contributed by atoms with Crippen molar-refractivity contribution in [3.05, 3.63) is 28.8 Å². The average molecular weight is 335 g/mol. The maximum Gasteiger partial charge on any atom is 0.158 e. The smallest absolute Gasteiger partial charge is 0.158 e. The van der Waals surface area contributed by atoms with Crippen molar-refractivity contribution < 1.29 is 24.0 Å². The molecule has 4 heteroatoms. The minimum absolute atomic E-state index is 0. The summed E-state index contributed by atoms with van der Waals surface area (Å²) in [6.45, 7) is 6.25. The van der Waals surface area contributed by atoms with E-state index in [1.807, 2.05) is 6.26 Å². The second kappa shape index (κ2) is 6.37. The molecule has 0 radical (unpaired) electrons. The second-order valence-corrected chi connectivity index (χ2v) is 4.20. The number of thioether (sulfide) groups is 1. The number of rotatable bonds is 1. The quantitative estimate of drug-likeness (QED) is 0.443. The van der Waals surface area contributed by atoms with Crippen molar-refractivity contribution in [2.24, 2.45) is 10.7 Å². The molecule has 0 saturated heterocycles. The third-order valence-electron chi connectivity index (χ3n) is 2.25. The summed E-state index contributed by atoms with van der Waals surface area (Å²) in [7, 11) is 0. The van der Waals surface area contributed by atoms with Crippen LogP contribution in [-0.4, -0.2) is 11.4 Å². The van der Waals surface area contributed by atoms with Crippen LogP contribution >= 0.6 is 11.8 Å². The van der Waals surface area contributed by atoms with Gasteiger partial charge in [0.25, 0.3) is 0 Å². The van der Waals surface area contributed by atoms with Crippen LogP contribution in [0.15, 0.2) is 17.1 Å². The fourth-order valence-electron chi connectivity index (χ4n) is 1.23. The molecule has 0 aliphatic carbocycles. The Balaban J connectivity index is 0.00000196. The van der Waals surface area contributed by atoms with Crippen LogP contribution in [0.4, 0.5) is 5.69 Å². The number of hydrogen-bond acceptors (Lipinski definition) is 2. The molecule has 0 atom stereocenters. The van der Waals surface area contributed by atoms with Crippen molar-refractivity contribution in [3.8, 4) is 0 Å². The molecule has 0 amide bonds. The number of nitrogens with zero attached hydrogens (tertiary/aromatic N) is 1. The fourth-order valence-corrected chi connectivity index (χ4v) is 1.42. The van der Waals surface area contributed by atoms with Crippen molar-refractivity contribution in [2.45, 2.75) is 20.8 Å². The molecule has 0 unspecified atom stereocenters. The Kier molecular flexibility index (Phi) is 6.28. The Hall–Kier alpha value is -0.230. The fraction of sp³-hybridized carbons (Fsp3) is 0.364. The molecular formula is C11H16IN2S-. The van der Waals surface area contributed by atoms with E-state index in [2.05, 4.69) is 37.9 Å². The predicted molar refractivity (Wildman–Crippen MR) is 65.5 cm³/mol. The van der Waals surface area contributed by atoms with Gasteiger partial charge in [0.1, 0.15) is 0 Å². The molecular weight excluding hydrogens is 319 g/mol. The van der Waals surface area contributed by atoms with Crippen molar-refractivity contribution in [1.29, 1.82) is 0 Å². The van der Waals surface area contributed by atoms with Gasteiger partial charge < -0.3 is 29.7 Å². The first-order chi connectivity index (χ1) is 6.54. The lowest BCUT2D eigenvalue weighted by molar-refractivity contribution is -0.00000322. The van der Waals surface area contributed by atoms with E-state index in [1.165, 1.54) is 28.5 Å². The Morgan fingerprint density at radius 1 is 1.13 bits per heavy atom. The van der Waals surface area contributed by atoms with Gasteiger partial charge in [0.2, 0.25) is 0 Å². The first-order valence-electron chi connectivity index (χ1n) is 4.50. The van der Waals surface area contributed by atoms with Crippen molar-refractivity contribution in [2.75, 3.05) is 6.26 Å². The molecule has 2 nitrogen and oxygen atoms in total. The Bertz CT molecular complexity index is 375. The lowest BCUT2D eigenvalue weighted by Crippen LogP contribution is -3.00. The molecule has 0 heterocycles. The summed E-state index contributed by atoms with van der Waals surface area (Å²) in [6.07, 6.45) is 1.93. The van der Waals surface area contributed by atoms with Gasteiger partial charge in [-0.15, -0.1) is 0 Å². The molecule has 0 saturated carbocycles. The van der Waals surface area contributed by atoms with Crippen LogP contribution in [0, 0.1) is 20.8 Å². The third kappa shape index (κ3) is 4.03. The molecule has 0 aliphatic heterocycles. The lowest BCUT2D eigenvalue weighted by Gasteiger charge is -2.06. The summed E-state index contributed by atoms with van der Waals surface area (Å²) in [4.78, 5) is 4.34. The van der Waals surface area contributed by atoms with Gasteiger partial charge in [0.15, 0.2) is 5.17 Å². The largest absolute Gasteiger partial charge is 1.00 e.